The average molecular weight is 524 g/mol. The number of thiophene rings is 1. The van der Waals surface area contributed by atoms with E-state index in [1.807, 2.05) is 34.9 Å². The Kier molecular flexibility index (Phi) is 7.61. The summed E-state index contributed by atoms with van der Waals surface area (Å²) >= 11 is 7.23. The van der Waals surface area contributed by atoms with Crippen LogP contribution in [0.3, 0.4) is 0 Å². The number of benzene rings is 1. The van der Waals surface area contributed by atoms with Gasteiger partial charge in [0, 0.05) is 35.8 Å². The third-order valence-electron chi connectivity index (χ3n) is 5.26. The highest BCUT2D eigenvalue weighted by Gasteiger charge is 2.28. The Morgan fingerprint density at radius 2 is 2.12 bits per heavy atom. The molecule has 2 aromatic heterocycles. The minimum absolute atomic E-state index is 0.0909. The number of rotatable bonds is 8. The van der Waals surface area contributed by atoms with Crippen molar-refractivity contribution in [3.05, 3.63) is 58.4 Å². The van der Waals surface area contributed by atoms with Gasteiger partial charge in [-0.2, -0.15) is 0 Å². The van der Waals surface area contributed by atoms with E-state index in [-0.39, 0.29) is 10.8 Å². The molecule has 0 aliphatic carbocycles. The van der Waals surface area contributed by atoms with E-state index in [9.17, 15) is 13.2 Å². The topological polar surface area (TPSA) is 99.5 Å². The van der Waals surface area contributed by atoms with Crippen molar-refractivity contribution in [2.45, 2.75) is 43.5 Å². The first-order valence-electron chi connectivity index (χ1n) is 10.9. The highest BCUT2D eigenvalue weighted by Crippen LogP contribution is 2.36. The van der Waals surface area contributed by atoms with Crippen molar-refractivity contribution in [1.82, 2.24) is 14.3 Å². The zero-order valence-electron chi connectivity index (χ0n) is 18.9. The molecule has 11 heteroatoms. The molecular weight excluding hydrogens is 498 g/mol. The van der Waals surface area contributed by atoms with Gasteiger partial charge < -0.3 is 14.0 Å². The number of amides is 1. The summed E-state index contributed by atoms with van der Waals surface area (Å²) in [4.78, 5) is 17.2. The molecule has 1 aliphatic heterocycles. The third-order valence-corrected chi connectivity index (χ3v) is 8.58. The molecule has 8 nitrogen and oxygen atoms in total. The van der Waals surface area contributed by atoms with Crippen LogP contribution in [0.5, 0.6) is 0 Å². The standard InChI is InChI=1S/C23H26ClN3O5S2/c1-15(2)11-19-12-20(17-5-3-16(4-6-17)13-27-9-8-25-22(27)24)21(33-19)34(29,30)26-23(28)32-18-7-10-31-14-18/h3-6,8-9,12,15,18H,7,10-11,13-14H2,1-2H3,(H,26,28)/t18-/m1/s1. The van der Waals surface area contributed by atoms with Gasteiger partial charge in [-0.05, 0) is 41.1 Å². The van der Waals surface area contributed by atoms with Gasteiger partial charge in [-0.1, -0.05) is 38.1 Å². The molecule has 0 spiro atoms. The SMILES string of the molecule is CC(C)Cc1cc(-c2ccc(Cn3ccnc3Cl)cc2)c(S(=O)(=O)NC(=O)O[C@@H]2CCOC2)s1. The quantitative estimate of drug-likeness (QED) is 0.459. The van der Waals surface area contributed by atoms with Crippen LogP contribution in [0.15, 0.2) is 46.9 Å². The zero-order valence-corrected chi connectivity index (χ0v) is 21.3. The molecule has 0 radical (unpaired) electrons. The van der Waals surface area contributed by atoms with Crippen LogP contribution < -0.4 is 4.72 Å². The molecule has 1 aliphatic rings. The van der Waals surface area contributed by atoms with Crippen LogP contribution >= 0.6 is 22.9 Å². The van der Waals surface area contributed by atoms with Crippen LogP contribution in [0.1, 0.15) is 30.7 Å². The second-order valence-electron chi connectivity index (χ2n) is 8.53. The number of hydrogen-bond donors (Lipinski definition) is 1. The maximum Gasteiger partial charge on any atom is 0.421 e. The van der Waals surface area contributed by atoms with Crippen LogP contribution in [0.25, 0.3) is 11.1 Å². The summed E-state index contributed by atoms with van der Waals surface area (Å²) in [6.07, 6.45) is 3.27. The summed E-state index contributed by atoms with van der Waals surface area (Å²) < 4.78 is 40.7. The van der Waals surface area contributed by atoms with E-state index in [2.05, 4.69) is 23.6 Å². The van der Waals surface area contributed by atoms with Crippen molar-refractivity contribution in [2.24, 2.45) is 5.92 Å². The monoisotopic (exact) mass is 523 g/mol. The van der Waals surface area contributed by atoms with Crippen molar-refractivity contribution >= 4 is 39.1 Å². The Morgan fingerprint density at radius 3 is 2.74 bits per heavy atom. The number of ether oxygens (including phenoxy) is 2. The van der Waals surface area contributed by atoms with E-state index < -0.39 is 22.2 Å². The van der Waals surface area contributed by atoms with E-state index in [1.165, 1.54) is 11.3 Å². The maximum absolute atomic E-state index is 13.2. The number of nitrogens with one attached hydrogen (secondary N) is 1. The summed E-state index contributed by atoms with van der Waals surface area (Å²) in [5.41, 5.74) is 2.29. The van der Waals surface area contributed by atoms with E-state index in [4.69, 9.17) is 21.1 Å². The fourth-order valence-electron chi connectivity index (χ4n) is 3.68. The number of nitrogens with zero attached hydrogens (tertiary/aromatic N) is 2. The summed E-state index contributed by atoms with van der Waals surface area (Å²) in [6, 6.07) is 9.47. The highest BCUT2D eigenvalue weighted by atomic mass is 35.5. The van der Waals surface area contributed by atoms with Crippen LogP contribution in [0.4, 0.5) is 4.79 Å². The van der Waals surface area contributed by atoms with Gasteiger partial charge in [-0.3, -0.25) is 0 Å². The largest absolute Gasteiger partial charge is 0.443 e. The van der Waals surface area contributed by atoms with Crippen molar-refractivity contribution in [3.8, 4) is 11.1 Å². The lowest BCUT2D eigenvalue weighted by atomic mass is 10.0. The lowest BCUT2D eigenvalue weighted by Gasteiger charge is -2.12. The number of imidazole rings is 1. The molecule has 4 rings (SSSR count). The molecule has 34 heavy (non-hydrogen) atoms. The summed E-state index contributed by atoms with van der Waals surface area (Å²) in [7, 11) is -4.13. The molecule has 1 N–H and O–H groups in total. The van der Waals surface area contributed by atoms with Gasteiger partial charge in [0.05, 0.1) is 13.2 Å². The molecule has 3 aromatic rings. The Labute approximate surface area is 207 Å². The zero-order chi connectivity index (χ0) is 24.3. The summed E-state index contributed by atoms with van der Waals surface area (Å²) in [5, 5.41) is 0.399. The molecule has 3 heterocycles. The number of carbonyl (C=O) groups is 1. The second-order valence-corrected chi connectivity index (χ2v) is 11.9. The Bertz CT molecular complexity index is 1250. The minimum Gasteiger partial charge on any atom is -0.443 e. The Balaban J connectivity index is 1.59. The molecule has 0 unspecified atom stereocenters. The van der Waals surface area contributed by atoms with Crippen LogP contribution in [-0.4, -0.2) is 43.4 Å². The third kappa shape index (κ3) is 5.99. The maximum atomic E-state index is 13.2. The number of carbonyl (C=O) groups excluding carboxylic acids is 1. The van der Waals surface area contributed by atoms with Gasteiger partial charge in [0.1, 0.15) is 10.3 Å². The molecule has 1 amide bonds. The van der Waals surface area contributed by atoms with Crippen LogP contribution in [0, 0.1) is 5.92 Å². The van der Waals surface area contributed by atoms with Gasteiger partial charge >= 0.3 is 6.09 Å². The highest BCUT2D eigenvalue weighted by molar-refractivity contribution is 7.92. The molecule has 0 saturated carbocycles. The summed E-state index contributed by atoms with van der Waals surface area (Å²) in [5.74, 6) is 0.352. The summed E-state index contributed by atoms with van der Waals surface area (Å²) in [6.45, 7) is 5.45. The van der Waals surface area contributed by atoms with Gasteiger partial charge in [0.25, 0.3) is 10.0 Å². The Hall–Kier alpha value is -2.40. The van der Waals surface area contributed by atoms with E-state index in [0.29, 0.717) is 36.3 Å². The normalized spacial score (nSPS) is 16.2. The van der Waals surface area contributed by atoms with Gasteiger partial charge in [-0.25, -0.2) is 22.9 Å². The number of hydrogen-bond acceptors (Lipinski definition) is 7. The van der Waals surface area contributed by atoms with E-state index in [0.717, 1.165) is 22.4 Å². The van der Waals surface area contributed by atoms with Crippen molar-refractivity contribution in [1.29, 1.82) is 0 Å². The van der Waals surface area contributed by atoms with E-state index in [1.54, 1.807) is 12.4 Å². The molecule has 1 aromatic carbocycles. The lowest BCUT2D eigenvalue weighted by Crippen LogP contribution is -2.34. The molecule has 1 saturated heterocycles. The molecular formula is C23H26ClN3O5S2. The first-order valence-corrected chi connectivity index (χ1v) is 13.6. The predicted molar refractivity (Wildman–Crippen MR) is 131 cm³/mol. The molecule has 0 bridgehead atoms. The van der Waals surface area contributed by atoms with Crippen molar-refractivity contribution in [3.63, 3.8) is 0 Å². The molecule has 1 atom stereocenters. The first kappa shape index (κ1) is 24.7. The van der Waals surface area contributed by atoms with Gasteiger partial charge in [0.15, 0.2) is 0 Å². The second kappa shape index (κ2) is 10.5. The fraction of sp³-hybridized carbons (Fsp3) is 0.391. The predicted octanol–water partition coefficient (Wildman–Crippen LogP) is 4.72. The first-order chi connectivity index (χ1) is 16.2. The Morgan fingerprint density at radius 1 is 1.35 bits per heavy atom. The van der Waals surface area contributed by atoms with Crippen LogP contribution in [-0.2, 0) is 32.5 Å². The lowest BCUT2D eigenvalue weighted by molar-refractivity contribution is 0.0872. The van der Waals surface area contributed by atoms with Crippen molar-refractivity contribution < 1.29 is 22.7 Å². The smallest absolute Gasteiger partial charge is 0.421 e. The average Bonchev–Trinajstić information content (AvgIpc) is 3.51. The van der Waals surface area contributed by atoms with Crippen molar-refractivity contribution in [2.75, 3.05) is 13.2 Å². The minimum atomic E-state index is -4.13. The molecule has 1 fully saturated rings. The molecule has 182 valence electrons. The van der Waals surface area contributed by atoms with E-state index >= 15 is 0 Å². The fourth-order valence-corrected chi connectivity index (χ4v) is 6.68. The number of sulfonamides is 1. The van der Waals surface area contributed by atoms with Crippen LogP contribution in [0.2, 0.25) is 5.28 Å². The number of halogens is 1. The number of aromatic nitrogens is 2. The van der Waals surface area contributed by atoms with Gasteiger partial charge in [0.2, 0.25) is 5.28 Å². The van der Waals surface area contributed by atoms with Gasteiger partial charge in [-0.15, -0.1) is 11.3 Å².